The number of quaternary nitrogens is 1. The summed E-state index contributed by atoms with van der Waals surface area (Å²) in [5.74, 6) is -1.55. The smallest absolute Gasteiger partial charge is 0.362 e. The minimum atomic E-state index is -0.882. The average Bonchev–Trinajstić information content (AvgIpc) is 3.11. The Kier molecular flexibility index (Phi) is 34.8. The molecule has 0 aliphatic carbocycles. The minimum Gasteiger partial charge on any atom is -0.477 e. The molecule has 2 atom stereocenters. The molecule has 0 aromatic heterocycles. The van der Waals surface area contributed by atoms with E-state index < -0.39 is 18.1 Å². The van der Waals surface area contributed by atoms with Crippen LogP contribution in [0.4, 0.5) is 0 Å². The summed E-state index contributed by atoms with van der Waals surface area (Å²) < 4.78 is 17.1. The molecule has 0 aliphatic heterocycles. The molecule has 0 heterocycles. The third-order valence-corrected chi connectivity index (χ3v) is 9.53. The number of allylic oxidation sites excluding steroid dienone is 6. The zero-order chi connectivity index (χ0) is 39.3. The number of carboxylic acid groups (broad SMARTS) is 1. The molecule has 0 fully saturated rings. The molecule has 8 nitrogen and oxygen atoms in total. The second kappa shape index (κ2) is 36.5. The molecule has 8 heteroatoms. The van der Waals surface area contributed by atoms with Crippen LogP contribution in [0.3, 0.4) is 0 Å². The number of rotatable bonds is 38. The fourth-order valence-corrected chi connectivity index (χ4v) is 6.14. The van der Waals surface area contributed by atoms with E-state index in [1.807, 2.05) is 27.2 Å². The lowest BCUT2D eigenvalue weighted by Crippen LogP contribution is -2.50. The SMILES string of the molecule is CCCCC/C=C/CCC(=O)OCC(COCCC(C(=O)O)[N+](C)(C)C)OC(=O)CCCCCCCCC/C=C/C/C=C/CCCCCCCCCC. The van der Waals surface area contributed by atoms with Crippen LogP contribution < -0.4 is 0 Å². The summed E-state index contributed by atoms with van der Waals surface area (Å²) in [7, 11) is 5.50. The van der Waals surface area contributed by atoms with E-state index in [-0.39, 0.29) is 42.7 Å². The van der Waals surface area contributed by atoms with E-state index in [2.05, 4.69) is 44.2 Å². The Morgan fingerprint density at radius 2 is 1.04 bits per heavy atom. The summed E-state index contributed by atoms with van der Waals surface area (Å²) in [5, 5.41) is 9.58. The van der Waals surface area contributed by atoms with Crippen molar-refractivity contribution in [2.75, 3.05) is 41.0 Å². The number of carbonyl (C=O) groups is 3. The first-order valence-electron chi connectivity index (χ1n) is 21.5. The van der Waals surface area contributed by atoms with Crippen molar-refractivity contribution in [3.63, 3.8) is 0 Å². The van der Waals surface area contributed by atoms with E-state index >= 15 is 0 Å². The molecule has 53 heavy (non-hydrogen) atoms. The molecule has 0 aromatic rings. The van der Waals surface area contributed by atoms with Gasteiger partial charge in [0.05, 0.1) is 34.4 Å². The van der Waals surface area contributed by atoms with E-state index in [0.29, 0.717) is 19.3 Å². The molecule has 0 bridgehead atoms. The van der Waals surface area contributed by atoms with E-state index in [1.54, 1.807) is 0 Å². The van der Waals surface area contributed by atoms with E-state index in [0.717, 1.165) is 44.9 Å². The van der Waals surface area contributed by atoms with Gasteiger partial charge in [0.2, 0.25) is 0 Å². The fraction of sp³-hybridized carbons (Fsp3) is 0.800. The van der Waals surface area contributed by atoms with Gasteiger partial charge in [0.25, 0.3) is 0 Å². The van der Waals surface area contributed by atoms with Crippen molar-refractivity contribution in [3.05, 3.63) is 36.5 Å². The first-order chi connectivity index (χ1) is 25.6. The maximum absolute atomic E-state index is 12.7. The number of aliphatic carboxylic acids is 1. The molecule has 2 unspecified atom stereocenters. The predicted octanol–water partition coefficient (Wildman–Crippen LogP) is 11.5. The standard InChI is InChI=1S/C45H81NO7/c1-6-8-10-12-14-15-16-17-18-19-20-21-22-23-24-25-26-27-28-30-32-34-36-44(48)53-41(39-51-38-37-42(45(49)50)46(3,4)5)40-52-43(47)35-33-31-29-13-11-9-7-2/h19-20,22-23,29,31,41-42H,6-18,21,24-28,30,32-40H2,1-5H3/p+1/b20-19+,23-22+,31-29+. The van der Waals surface area contributed by atoms with Crippen molar-refractivity contribution < 1.29 is 38.2 Å². The number of hydrogen-bond donors (Lipinski definition) is 1. The van der Waals surface area contributed by atoms with Crippen LogP contribution in [0.1, 0.15) is 181 Å². The van der Waals surface area contributed by atoms with Gasteiger partial charge >= 0.3 is 17.9 Å². The van der Waals surface area contributed by atoms with Gasteiger partial charge in [0, 0.05) is 19.3 Å². The van der Waals surface area contributed by atoms with Crippen molar-refractivity contribution >= 4 is 17.9 Å². The number of hydrogen-bond acceptors (Lipinski definition) is 6. The monoisotopic (exact) mass is 749 g/mol. The zero-order valence-electron chi connectivity index (χ0n) is 35.0. The molecule has 0 saturated carbocycles. The third-order valence-electron chi connectivity index (χ3n) is 9.53. The minimum absolute atomic E-state index is 0.0467. The zero-order valence-corrected chi connectivity index (χ0v) is 35.0. The Morgan fingerprint density at radius 1 is 0.566 bits per heavy atom. The summed E-state index contributed by atoms with van der Waals surface area (Å²) in [5.41, 5.74) is 0. The van der Waals surface area contributed by atoms with Crippen molar-refractivity contribution in [1.82, 2.24) is 0 Å². The van der Waals surface area contributed by atoms with Crippen molar-refractivity contribution in [1.29, 1.82) is 0 Å². The van der Waals surface area contributed by atoms with Crippen LogP contribution in [0.5, 0.6) is 0 Å². The summed E-state index contributed by atoms with van der Waals surface area (Å²) in [6, 6.07) is -0.618. The maximum atomic E-state index is 12.7. The number of esters is 2. The van der Waals surface area contributed by atoms with E-state index in [4.69, 9.17) is 14.2 Å². The average molecular weight is 749 g/mol. The van der Waals surface area contributed by atoms with E-state index in [1.165, 1.54) is 96.3 Å². The highest BCUT2D eigenvalue weighted by Gasteiger charge is 2.31. The molecular formula is C45H82NO7+. The number of unbranched alkanes of at least 4 members (excludes halogenated alkanes) is 18. The van der Waals surface area contributed by atoms with Crippen LogP contribution in [0.25, 0.3) is 0 Å². The van der Waals surface area contributed by atoms with Gasteiger partial charge in [0.15, 0.2) is 12.1 Å². The summed E-state index contributed by atoms with van der Waals surface area (Å²) >= 11 is 0. The number of ether oxygens (including phenoxy) is 3. The van der Waals surface area contributed by atoms with Gasteiger partial charge in [-0.25, -0.2) is 4.79 Å². The summed E-state index contributed by atoms with van der Waals surface area (Å²) in [6.45, 7) is 4.62. The number of carbonyl (C=O) groups excluding carboxylic acids is 2. The Balaban J connectivity index is 4.23. The Morgan fingerprint density at radius 3 is 1.58 bits per heavy atom. The molecule has 0 aliphatic rings. The first kappa shape index (κ1) is 50.5. The van der Waals surface area contributed by atoms with Crippen molar-refractivity contribution in [3.8, 4) is 0 Å². The molecule has 0 aromatic carbocycles. The lowest BCUT2D eigenvalue weighted by molar-refractivity contribution is -0.887. The third kappa shape index (κ3) is 35.0. The molecule has 0 saturated heterocycles. The van der Waals surface area contributed by atoms with Gasteiger partial charge in [-0.05, 0) is 57.8 Å². The Bertz CT molecular complexity index is 968. The quantitative estimate of drug-likeness (QED) is 0.0290. The number of nitrogens with zero attached hydrogens (tertiary/aromatic N) is 1. The lowest BCUT2D eigenvalue weighted by Gasteiger charge is -2.31. The highest BCUT2D eigenvalue weighted by Crippen LogP contribution is 2.13. The highest BCUT2D eigenvalue weighted by molar-refractivity contribution is 5.72. The molecule has 308 valence electrons. The second-order valence-corrected chi connectivity index (χ2v) is 15.6. The van der Waals surface area contributed by atoms with Crippen molar-refractivity contribution in [2.24, 2.45) is 0 Å². The van der Waals surface area contributed by atoms with Gasteiger partial charge in [-0.2, -0.15) is 0 Å². The highest BCUT2D eigenvalue weighted by atomic mass is 16.6. The molecule has 1 N–H and O–H groups in total. The number of carboxylic acids is 1. The normalized spacial score (nSPS) is 13.3. The molecular weight excluding hydrogens is 666 g/mol. The van der Waals surface area contributed by atoms with E-state index in [9.17, 15) is 19.5 Å². The van der Waals surface area contributed by atoms with Crippen LogP contribution in [0, 0.1) is 0 Å². The van der Waals surface area contributed by atoms with Gasteiger partial charge in [0.1, 0.15) is 6.61 Å². The Labute approximate surface area is 325 Å². The Hall–Kier alpha value is -2.45. The van der Waals surface area contributed by atoms with Crippen molar-refractivity contribution in [2.45, 2.75) is 193 Å². The van der Waals surface area contributed by atoms with Crippen LogP contribution in [0.2, 0.25) is 0 Å². The van der Waals surface area contributed by atoms with Crippen LogP contribution >= 0.6 is 0 Å². The van der Waals surface area contributed by atoms with Crippen LogP contribution in [-0.2, 0) is 28.6 Å². The van der Waals surface area contributed by atoms with Gasteiger partial charge < -0.3 is 23.8 Å². The van der Waals surface area contributed by atoms with Crippen LogP contribution in [-0.4, -0.2) is 80.6 Å². The second-order valence-electron chi connectivity index (χ2n) is 15.6. The van der Waals surface area contributed by atoms with Gasteiger partial charge in [-0.3, -0.25) is 9.59 Å². The largest absolute Gasteiger partial charge is 0.477 e. The lowest BCUT2D eigenvalue weighted by atomic mass is 10.1. The molecule has 0 radical (unpaired) electrons. The van der Waals surface area contributed by atoms with Crippen LogP contribution in [0.15, 0.2) is 36.5 Å². The summed E-state index contributed by atoms with van der Waals surface area (Å²) in [6.07, 6.45) is 40.8. The summed E-state index contributed by atoms with van der Waals surface area (Å²) in [4.78, 5) is 36.7. The van der Waals surface area contributed by atoms with Gasteiger partial charge in [-0.15, -0.1) is 0 Å². The van der Waals surface area contributed by atoms with Gasteiger partial charge in [-0.1, -0.05) is 140 Å². The molecule has 0 spiro atoms. The first-order valence-corrected chi connectivity index (χ1v) is 21.5. The molecule has 0 rings (SSSR count). The predicted molar refractivity (Wildman–Crippen MR) is 220 cm³/mol. The fourth-order valence-electron chi connectivity index (χ4n) is 6.14. The molecule has 0 amide bonds. The topological polar surface area (TPSA) is 99.1 Å². The maximum Gasteiger partial charge on any atom is 0.362 e. The number of likely N-dealkylation sites (N-methyl/N-ethyl adjacent to an activating group) is 1.